The van der Waals surface area contributed by atoms with E-state index in [1.807, 2.05) is 41.9 Å². The highest BCUT2D eigenvalue weighted by Crippen LogP contribution is 2.26. The van der Waals surface area contributed by atoms with Crippen LogP contribution in [0, 0.1) is 13.8 Å². The molecule has 0 radical (unpaired) electrons. The van der Waals surface area contributed by atoms with Crippen LogP contribution in [0.2, 0.25) is 0 Å². The van der Waals surface area contributed by atoms with Gasteiger partial charge in [-0.15, -0.1) is 22.7 Å². The highest BCUT2D eigenvalue weighted by Gasteiger charge is 2.25. The van der Waals surface area contributed by atoms with E-state index < -0.39 is 10.0 Å². The van der Waals surface area contributed by atoms with E-state index in [9.17, 15) is 13.2 Å². The van der Waals surface area contributed by atoms with Crippen molar-refractivity contribution in [2.45, 2.75) is 31.8 Å². The molecule has 8 heteroatoms. The molecule has 0 saturated heterocycles. The van der Waals surface area contributed by atoms with E-state index in [4.69, 9.17) is 0 Å². The molecule has 154 valence electrons. The van der Waals surface area contributed by atoms with Crippen molar-refractivity contribution in [1.82, 2.24) is 9.21 Å². The average Bonchev–Trinajstić information content (AvgIpc) is 3.36. The minimum absolute atomic E-state index is 0.176. The number of hydrogen-bond donors (Lipinski definition) is 0. The van der Waals surface area contributed by atoms with Gasteiger partial charge < -0.3 is 4.90 Å². The van der Waals surface area contributed by atoms with Crippen LogP contribution in [0.3, 0.4) is 0 Å². The van der Waals surface area contributed by atoms with Crippen molar-refractivity contribution in [1.29, 1.82) is 0 Å². The van der Waals surface area contributed by atoms with Crippen molar-refractivity contribution in [3.05, 3.63) is 73.6 Å². The Labute approximate surface area is 180 Å². The quantitative estimate of drug-likeness (QED) is 0.534. The first-order valence-electron chi connectivity index (χ1n) is 9.08. The Morgan fingerprint density at radius 3 is 1.97 bits per heavy atom. The van der Waals surface area contributed by atoms with Crippen LogP contribution in [0.15, 0.2) is 52.1 Å². The summed E-state index contributed by atoms with van der Waals surface area (Å²) >= 11 is 3.20. The van der Waals surface area contributed by atoms with Crippen molar-refractivity contribution < 1.29 is 13.2 Å². The maximum atomic E-state index is 13.4. The highest BCUT2D eigenvalue weighted by atomic mass is 32.2. The molecular weight excluding hydrogens is 424 g/mol. The summed E-state index contributed by atoms with van der Waals surface area (Å²) in [4.78, 5) is 17.6. The van der Waals surface area contributed by atoms with Gasteiger partial charge in [0.25, 0.3) is 5.91 Å². The lowest BCUT2D eigenvalue weighted by atomic mass is 10.1. The normalized spacial score (nSPS) is 11.8. The smallest absolute Gasteiger partial charge is 0.254 e. The molecule has 0 N–H and O–H groups in total. The van der Waals surface area contributed by atoms with Crippen LogP contribution < -0.4 is 0 Å². The van der Waals surface area contributed by atoms with Crippen LogP contribution in [-0.4, -0.2) is 37.6 Å². The Balaban J connectivity index is 2.01. The van der Waals surface area contributed by atoms with Crippen molar-refractivity contribution in [2.75, 3.05) is 14.1 Å². The molecule has 0 atom stereocenters. The summed E-state index contributed by atoms with van der Waals surface area (Å²) in [5, 5.41) is 3.97. The molecule has 0 aliphatic heterocycles. The Morgan fingerprint density at radius 1 is 0.966 bits per heavy atom. The number of aryl methyl sites for hydroxylation is 1. The molecule has 29 heavy (non-hydrogen) atoms. The Kier molecular flexibility index (Phi) is 6.58. The first kappa shape index (κ1) is 21.7. The molecule has 3 rings (SSSR count). The lowest BCUT2D eigenvalue weighted by Crippen LogP contribution is -2.30. The lowest BCUT2D eigenvalue weighted by Gasteiger charge is -2.23. The largest absolute Gasteiger partial charge is 0.328 e. The topological polar surface area (TPSA) is 57.7 Å². The van der Waals surface area contributed by atoms with Gasteiger partial charge in [-0.2, -0.15) is 0 Å². The third-order valence-electron chi connectivity index (χ3n) is 4.77. The number of sulfonamides is 1. The Bertz CT molecular complexity index is 1050. The molecule has 3 aromatic rings. The maximum absolute atomic E-state index is 13.4. The fraction of sp³-hybridized carbons (Fsp3) is 0.286. The summed E-state index contributed by atoms with van der Waals surface area (Å²) in [6.45, 7) is 4.58. The first-order valence-corrected chi connectivity index (χ1v) is 12.3. The third kappa shape index (κ3) is 4.78. The average molecular weight is 449 g/mol. The third-order valence-corrected chi connectivity index (χ3v) is 8.43. The molecule has 2 heterocycles. The number of hydrogen-bond acceptors (Lipinski definition) is 5. The zero-order valence-corrected chi connectivity index (χ0v) is 19.3. The van der Waals surface area contributed by atoms with Gasteiger partial charge in [-0.3, -0.25) is 4.79 Å². The van der Waals surface area contributed by atoms with Gasteiger partial charge in [-0.1, -0.05) is 12.1 Å². The number of carbonyl (C=O) groups excluding carboxylic acids is 1. The minimum atomic E-state index is -3.64. The van der Waals surface area contributed by atoms with Gasteiger partial charge in [-0.05, 0) is 60.0 Å². The maximum Gasteiger partial charge on any atom is 0.254 e. The molecule has 0 aliphatic rings. The second-order valence-corrected chi connectivity index (χ2v) is 11.2. The molecule has 2 aromatic heterocycles. The molecule has 0 saturated carbocycles. The van der Waals surface area contributed by atoms with E-state index in [0.29, 0.717) is 24.2 Å². The lowest BCUT2D eigenvalue weighted by molar-refractivity contribution is 0.0733. The molecule has 0 aliphatic carbocycles. The summed E-state index contributed by atoms with van der Waals surface area (Å²) in [6.07, 6.45) is 0. The monoisotopic (exact) mass is 448 g/mol. The summed E-state index contributed by atoms with van der Waals surface area (Å²) in [5.74, 6) is -0.176. The van der Waals surface area contributed by atoms with Gasteiger partial charge in [0.15, 0.2) is 0 Å². The molecule has 0 unspecified atom stereocenters. The predicted molar refractivity (Wildman–Crippen MR) is 119 cm³/mol. The van der Waals surface area contributed by atoms with Crippen LogP contribution in [0.4, 0.5) is 0 Å². The molecule has 0 fully saturated rings. The summed E-state index contributed by atoms with van der Waals surface area (Å²) < 4.78 is 26.7. The van der Waals surface area contributed by atoms with Gasteiger partial charge in [0.2, 0.25) is 10.0 Å². The van der Waals surface area contributed by atoms with E-state index >= 15 is 0 Å². The number of amides is 1. The first-order chi connectivity index (χ1) is 13.7. The van der Waals surface area contributed by atoms with Crippen LogP contribution in [0.1, 0.15) is 31.2 Å². The summed E-state index contributed by atoms with van der Waals surface area (Å²) in [5.41, 5.74) is 1.84. The van der Waals surface area contributed by atoms with Crippen molar-refractivity contribution in [3.63, 3.8) is 0 Å². The second-order valence-electron chi connectivity index (χ2n) is 7.02. The van der Waals surface area contributed by atoms with E-state index in [1.165, 1.54) is 24.5 Å². The molecular formula is C21H24N2O3S3. The van der Waals surface area contributed by atoms with Crippen molar-refractivity contribution in [3.8, 4) is 0 Å². The standard InChI is InChI=1S/C21H24N2O3S3/c1-15-11-17(12-20(16(15)2)29(25,26)22(3)4)21(24)23(13-18-7-5-9-27-18)14-19-8-6-10-28-19/h5-12H,13-14H2,1-4H3. The highest BCUT2D eigenvalue weighted by molar-refractivity contribution is 7.89. The predicted octanol–water partition coefficient (Wildman–Crippen LogP) is 4.52. The van der Waals surface area contributed by atoms with Gasteiger partial charge in [0, 0.05) is 29.4 Å². The number of carbonyl (C=O) groups is 1. The van der Waals surface area contributed by atoms with Crippen LogP contribution in [0.5, 0.6) is 0 Å². The molecule has 0 spiro atoms. The fourth-order valence-corrected chi connectivity index (χ4v) is 5.63. The zero-order chi connectivity index (χ0) is 21.2. The minimum Gasteiger partial charge on any atom is -0.328 e. The van der Waals surface area contributed by atoms with E-state index in [2.05, 4.69) is 0 Å². The Morgan fingerprint density at radius 2 is 1.52 bits per heavy atom. The summed E-state index contributed by atoms with van der Waals surface area (Å²) in [7, 11) is -0.648. The second kappa shape index (κ2) is 8.79. The van der Waals surface area contributed by atoms with E-state index in [1.54, 1.807) is 40.6 Å². The molecule has 1 aromatic carbocycles. The fourth-order valence-electron chi connectivity index (χ4n) is 2.98. The molecule has 0 bridgehead atoms. The molecule has 1 amide bonds. The van der Waals surface area contributed by atoms with Crippen LogP contribution in [0.25, 0.3) is 0 Å². The number of thiophene rings is 2. The zero-order valence-electron chi connectivity index (χ0n) is 16.9. The van der Waals surface area contributed by atoms with Crippen LogP contribution in [-0.2, 0) is 23.1 Å². The Hall–Kier alpha value is -2.00. The number of rotatable bonds is 7. The van der Waals surface area contributed by atoms with Gasteiger partial charge in [-0.25, -0.2) is 12.7 Å². The van der Waals surface area contributed by atoms with Crippen LogP contribution >= 0.6 is 22.7 Å². The van der Waals surface area contributed by atoms with Gasteiger partial charge in [0.05, 0.1) is 18.0 Å². The SMILES string of the molecule is Cc1cc(C(=O)N(Cc2cccs2)Cc2cccs2)cc(S(=O)(=O)N(C)C)c1C. The summed E-state index contributed by atoms with van der Waals surface area (Å²) in [6, 6.07) is 11.2. The van der Waals surface area contributed by atoms with Gasteiger partial charge >= 0.3 is 0 Å². The van der Waals surface area contributed by atoms with E-state index in [-0.39, 0.29) is 10.8 Å². The van der Waals surface area contributed by atoms with Crippen molar-refractivity contribution >= 4 is 38.6 Å². The number of benzene rings is 1. The van der Waals surface area contributed by atoms with Gasteiger partial charge in [0.1, 0.15) is 0 Å². The van der Waals surface area contributed by atoms with Crippen molar-refractivity contribution in [2.24, 2.45) is 0 Å². The molecule has 5 nitrogen and oxygen atoms in total. The van der Waals surface area contributed by atoms with E-state index in [0.717, 1.165) is 15.3 Å². The number of nitrogens with zero attached hydrogens (tertiary/aromatic N) is 2.